The highest BCUT2D eigenvalue weighted by molar-refractivity contribution is 6.30. The molecule has 2 aliphatic heterocycles. The fourth-order valence-electron chi connectivity index (χ4n) is 6.36. The minimum atomic E-state index is 0.453. The van der Waals surface area contributed by atoms with E-state index in [-0.39, 0.29) is 0 Å². The molecule has 3 aromatic rings. The second-order valence-corrected chi connectivity index (χ2v) is 12.0. The summed E-state index contributed by atoms with van der Waals surface area (Å²) in [5.41, 5.74) is 3.51. The molecule has 0 aliphatic carbocycles. The lowest BCUT2D eigenvalue weighted by Crippen LogP contribution is -2.44. The first kappa shape index (κ1) is 27.5. The number of aromatic nitrogens is 2. The molecule has 0 N–H and O–H groups in total. The topological polar surface area (TPSA) is 33.5 Å². The fourth-order valence-corrected chi connectivity index (χ4v) is 6.48. The Balaban J connectivity index is 1.21. The minimum absolute atomic E-state index is 0.453. The number of nitrogens with zero attached hydrogens (tertiary/aromatic N) is 4. The maximum absolute atomic E-state index is 6.12. The van der Waals surface area contributed by atoms with Crippen molar-refractivity contribution in [3.8, 4) is 5.75 Å². The maximum Gasteiger partial charge on any atom is 0.148 e. The number of rotatable bonds is 11. The van der Waals surface area contributed by atoms with Crippen molar-refractivity contribution in [3.63, 3.8) is 0 Å². The van der Waals surface area contributed by atoms with Gasteiger partial charge in [0.05, 0.1) is 11.0 Å². The summed E-state index contributed by atoms with van der Waals surface area (Å²) in [6.07, 6.45) is 10.8. The SMILES string of the molecule is Cc1cccc2c1nc(COc1ccc(Cl)cc1)n2CCC(C)CN1CCCC[C@@H]1CCN1CCCCC1. The Labute approximate surface area is 234 Å². The third-order valence-corrected chi connectivity index (χ3v) is 8.86. The van der Waals surface area contributed by atoms with Crippen LogP contribution in [0.2, 0.25) is 5.02 Å². The number of para-hydroxylation sites is 1. The summed E-state index contributed by atoms with van der Waals surface area (Å²) in [6, 6.07) is 14.8. The van der Waals surface area contributed by atoms with Crippen molar-refractivity contribution in [2.24, 2.45) is 5.92 Å². The van der Waals surface area contributed by atoms with Crippen molar-refractivity contribution in [2.75, 3.05) is 32.7 Å². The molecule has 5 rings (SSSR count). The van der Waals surface area contributed by atoms with Crippen LogP contribution in [-0.2, 0) is 13.2 Å². The number of imidazole rings is 1. The first-order valence-electron chi connectivity index (χ1n) is 14.9. The van der Waals surface area contributed by atoms with Gasteiger partial charge in [0.1, 0.15) is 18.2 Å². The van der Waals surface area contributed by atoms with Crippen molar-refractivity contribution >= 4 is 22.6 Å². The van der Waals surface area contributed by atoms with Crippen LogP contribution in [0, 0.1) is 12.8 Å². The van der Waals surface area contributed by atoms with E-state index in [0.29, 0.717) is 12.5 Å². The molecule has 1 aromatic heterocycles. The van der Waals surface area contributed by atoms with Crippen molar-refractivity contribution < 1.29 is 4.74 Å². The van der Waals surface area contributed by atoms with Gasteiger partial charge in [0, 0.05) is 24.2 Å². The van der Waals surface area contributed by atoms with Crippen LogP contribution in [0.4, 0.5) is 0 Å². The van der Waals surface area contributed by atoms with Gasteiger partial charge in [-0.2, -0.15) is 0 Å². The summed E-state index contributed by atoms with van der Waals surface area (Å²) in [4.78, 5) is 10.5. The van der Waals surface area contributed by atoms with E-state index in [9.17, 15) is 0 Å². The molecule has 2 saturated heterocycles. The van der Waals surface area contributed by atoms with Gasteiger partial charge in [-0.15, -0.1) is 0 Å². The Kier molecular flexibility index (Phi) is 9.63. The van der Waals surface area contributed by atoms with Crippen LogP contribution < -0.4 is 4.74 Å². The number of halogens is 1. The number of likely N-dealkylation sites (tertiary alicyclic amines) is 2. The van der Waals surface area contributed by atoms with E-state index < -0.39 is 0 Å². The summed E-state index contributed by atoms with van der Waals surface area (Å²) < 4.78 is 8.51. The van der Waals surface area contributed by atoms with E-state index in [1.54, 1.807) is 0 Å². The Hall–Kier alpha value is -2.08. The van der Waals surface area contributed by atoms with E-state index >= 15 is 0 Å². The number of fused-ring (bicyclic) bond motifs is 1. The molecule has 0 bridgehead atoms. The van der Waals surface area contributed by atoms with Gasteiger partial charge in [-0.3, -0.25) is 0 Å². The van der Waals surface area contributed by atoms with Gasteiger partial charge < -0.3 is 19.1 Å². The zero-order chi connectivity index (χ0) is 26.3. The molecule has 0 saturated carbocycles. The third kappa shape index (κ3) is 7.11. The van der Waals surface area contributed by atoms with E-state index in [4.69, 9.17) is 21.3 Å². The number of aryl methyl sites for hydroxylation is 2. The molecule has 3 heterocycles. The van der Waals surface area contributed by atoms with E-state index in [1.807, 2.05) is 24.3 Å². The second kappa shape index (κ2) is 13.3. The Morgan fingerprint density at radius 1 is 0.974 bits per heavy atom. The fraction of sp³-hybridized carbons (Fsp3) is 0.594. The molecule has 5 nitrogen and oxygen atoms in total. The highest BCUT2D eigenvalue weighted by Crippen LogP contribution is 2.25. The molecule has 2 fully saturated rings. The number of ether oxygens (including phenoxy) is 1. The summed E-state index contributed by atoms with van der Waals surface area (Å²) in [5, 5.41) is 0.719. The molecule has 0 amide bonds. The molecular formula is C32H45ClN4O. The average Bonchev–Trinajstić information content (AvgIpc) is 3.30. The first-order valence-corrected chi connectivity index (χ1v) is 15.2. The maximum atomic E-state index is 6.12. The number of hydrogen-bond donors (Lipinski definition) is 0. The van der Waals surface area contributed by atoms with Crippen LogP contribution in [0.25, 0.3) is 11.0 Å². The van der Waals surface area contributed by atoms with Crippen molar-refractivity contribution in [1.82, 2.24) is 19.4 Å². The van der Waals surface area contributed by atoms with Gasteiger partial charge in [-0.05, 0) is 113 Å². The van der Waals surface area contributed by atoms with E-state index in [2.05, 4.69) is 46.4 Å². The van der Waals surface area contributed by atoms with Gasteiger partial charge >= 0.3 is 0 Å². The van der Waals surface area contributed by atoms with E-state index in [0.717, 1.165) is 41.1 Å². The number of hydrogen-bond acceptors (Lipinski definition) is 4. The highest BCUT2D eigenvalue weighted by Gasteiger charge is 2.25. The van der Waals surface area contributed by atoms with Crippen LogP contribution in [0.15, 0.2) is 42.5 Å². The number of benzene rings is 2. The normalized spacial score (nSPS) is 20.1. The van der Waals surface area contributed by atoms with Crippen LogP contribution in [-0.4, -0.2) is 58.1 Å². The molecule has 0 radical (unpaired) electrons. The summed E-state index contributed by atoms with van der Waals surface area (Å²) >= 11 is 6.05. The molecule has 1 unspecified atom stereocenters. The Morgan fingerprint density at radius 2 is 1.76 bits per heavy atom. The predicted molar refractivity (Wildman–Crippen MR) is 158 cm³/mol. The lowest BCUT2D eigenvalue weighted by Gasteiger charge is -2.39. The standard InChI is InChI=1S/C32H45ClN4O/c1-25(23-36-20-7-4-10-28(36)17-21-35-18-5-3-6-19-35)16-22-37-30-11-8-9-26(2)32(30)34-31(37)24-38-29-14-12-27(33)13-15-29/h8-9,11-15,25,28H,3-7,10,16-24H2,1-2H3/t25?,28-/m1/s1. The Morgan fingerprint density at radius 3 is 2.58 bits per heavy atom. The summed E-state index contributed by atoms with van der Waals surface area (Å²) in [7, 11) is 0. The highest BCUT2D eigenvalue weighted by atomic mass is 35.5. The average molecular weight is 537 g/mol. The third-order valence-electron chi connectivity index (χ3n) is 8.61. The lowest BCUT2D eigenvalue weighted by atomic mass is 9.96. The van der Waals surface area contributed by atoms with Crippen LogP contribution in [0.3, 0.4) is 0 Å². The minimum Gasteiger partial charge on any atom is -0.486 e. The summed E-state index contributed by atoms with van der Waals surface area (Å²) in [6.45, 7) is 12.4. The lowest BCUT2D eigenvalue weighted by molar-refractivity contribution is 0.103. The molecule has 206 valence electrons. The molecule has 2 aromatic carbocycles. The van der Waals surface area contributed by atoms with Gasteiger partial charge in [-0.1, -0.05) is 43.5 Å². The van der Waals surface area contributed by atoms with Crippen LogP contribution >= 0.6 is 11.6 Å². The largest absolute Gasteiger partial charge is 0.486 e. The van der Waals surface area contributed by atoms with Crippen LogP contribution in [0.5, 0.6) is 5.75 Å². The molecule has 0 spiro atoms. The molecule has 2 atom stereocenters. The second-order valence-electron chi connectivity index (χ2n) is 11.6. The quantitative estimate of drug-likeness (QED) is 0.257. The monoisotopic (exact) mass is 536 g/mol. The first-order chi connectivity index (χ1) is 18.6. The van der Waals surface area contributed by atoms with Crippen molar-refractivity contribution in [1.29, 1.82) is 0 Å². The van der Waals surface area contributed by atoms with Gasteiger partial charge in [-0.25, -0.2) is 4.98 Å². The number of piperidine rings is 2. The smallest absolute Gasteiger partial charge is 0.148 e. The van der Waals surface area contributed by atoms with Crippen LogP contribution in [0.1, 0.15) is 69.7 Å². The zero-order valence-electron chi connectivity index (χ0n) is 23.4. The van der Waals surface area contributed by atoms with Crippen molar-refractivity contribution in [3.05, 3.63) is 58.9 Å². The van der Waals surface area contributed by atoms with Gasteiger partial charge in [0.25, 0.3) is 0 Å². The van der Waals surface area contributed by atoms with Crippen molar-refractivity contribution in [2.45, 2.75) is 84.4 Å². The zero-order valence-corrected chi connectivity index (χ0v) is 24.1. The van der Waals surface area contributed by atoms with Gasteiger partial charge in [0.2, 0.25) is 0 Å². The molecule has 2 aliphatic rings. The van der Waals surface area contributed by atoms with Gasteiger partial charge in [0.15, 0.2) is 0 Å². The summed E-state index contributed by atoms with van der Waals surface area (Å²) in [5.74, 6) is 2.45. The molecule has 38 heavy (non-hydrogen) atoms. The molecule has 6 heteroatoms. The Bertz CT molecular complexity index is 1150. The van der Waals surface area contributed by atoms with E-state index in [1.165, 1.54) is 88.7 Å². The molecular weight excluding hydrogens is 492 g/mol. The predicted octanol–water partition coefficient (Wildman–Crippen LogP) is 7.33.